The first-order valence-electron chi connectivity index (χ1n) is 4.50. The summed E-state index contributed by atoms with van der Waals surface area (Å²) in [6.07, 6.45) is 4.76. The SMILES string of the molecule is CCC(N)c1ncc2ccccn12. The number of imidazole rings is 1. The van der Waals surface area contributed by atoms with Crippen LogP contribution in [-0.2, 0) is 0 Å². The fourth-order valence-corrected chi connectivity index (χ4v) is 1.42. The van der Waals surface area contributed by atoms with Crippen molar-refractivity contribution in [1.82, 2.24) is 9.38 Å². The average Bonchev–Trinajstić information content (AvgIpc) is 2.60. The van der Waals surface area contributed by atoms with E-state index in [0.29, 0.717) is 0 Å². The lowest BCUT2D eigenvalue weighted by Gasteiger charge is -2.06. The van der Waals surface area contributed by atoms with Gasteiger partial charge in [0.1, 0.15) is 5.82 Å². The summed E-state index contributed by atoms with van der Waals surface area (Å²) in [5.41, 5.74) is 7.02. The number of nitrogens with two attached hydrogens (primary N) is 1. The molecule has 0 aliphatic rings. The summed E-state index contributed by atoms with van der Waals surface area (Å²) in [6.45, 7) is 2.06. The third-order valence-corrected chi connectivity index (χ3v) is 2.24. The van der Waals surface area contributed by atoms with Gasteiger partial charge in [-0.15, -0.1) is 0 Å². The molecular weight excluding hydrogens is 162 g/mol. The van der Waals surface area contributed by atoms with Crippen molar-refractivity contribution in [3.8, 4) is 0 Å². The number of aromatic nitrogens is 2. The molecule has 0 spiro atoms. The highest BCUT2D eigenvalue weighted by molar-refractivity contribution is 5.45. The lowest BCUT2D eigenvalue weighted by atomic mass is 10.2. The molecule has 2 heterocycles. The van der Waals surface area contributed by atoms with Crippen molar-refractivity contribution < 1.29 is 0 Å². The molecule has 2 aromatic heterocycles. The zero-order valence-corrected chi connectivity index (χ0v) is 7.64. The van der Waals surface area contributed by atoms with Crippen LogP contribution in [0.3, 0.4) is 0 Å². The van der Waals surface area contributed by atoms with E-state index in [4.69, 9.17) is 5.73 Å². The summed E-state index contributed by atoms with van der Waals surface area (Å²) in [5, 5.41) is 0. The van der Waals surface area contributed by atoms with E-state index in [1.165, 1.54) is 0 Å². The van der Waals surface area contributed by atoms with Crippen molar-refractivity contribution in [3.05, 3.63) is 36.4 Å². The number of fused-ring (bicyclic) bond motifs is 1. The zero-order valence-electron chi connectivity index (χ0n) is 7.64. The van der Waals surface area contributed by atoms with Gasteiger partial charge >= 0.3 is 0 Å². The Kier molecular flexibility index (Phi) is 2.02. The molecule has 2 rings (SSSR count). The Morgan fingerprint density at radius 3 is 3.15 bits per heavy atom. The normalized spacial score (nSPS) is 13.4. The molecule has 0 aliphatic carbocycles. The molecule has 0 aromatic carbocycles. The van der Waals surface area contributed by atoms with Gasteiger partial charge in [-0.1, -0.05) is 13.0 Å². The van der Waals surface area contributed by atoms with Gasteiger partial charge in [-0.25, -0.2) is 4.98 Å². The molecular formula is C10H13N3. The molecule has 0 radical (unpaired) electrons. The van der Waals surface area contributed by atoms with Crippen LogP contribution < -0.4 is 5.73 Å². The molecule has 3 nitrogen and oxygen atoms in total. The molecule has 0 saturated heterocycles. The molecule has 0 amide bonds. The fourth-order valence-electron chi connectivity index (χ4n) is 1.42. The first-order chi connectivity index (χ1) is 6.33. The standard InChI is InChI=1S/C10H13N3/c1-2-9(11)10-12-7-8-5-3-4-6-13(8)10/h3-7,9H,2,11H2,1H3. The van der Waals surface area contributed by atoms with Gasteiger partial charge in [0.25, 0.3) is 0 Å². The fraction of sp³-hybridized carbons (Fsp3) is 0.300. The minimum absolute atomic E-state index is 0.0323. The third-order valence-electron chi connectivity index (χ3n) is 2.24. The number of hydrogen-bond acceptors (Lipinski definition) is 2. The molecule has 0 bridgehead atoms. The van der Waals surface area contributed by atoms with E-state index < -0.39 is 0 Å². The highest BCUT2D eigenvalue weighted by Crippen LogP contribution is 2.14. The quantitative estimate of drug-likeness (QED) is 0.755. The zero-order chi connectivity index (χ0) is 9.26. The summed E-state index contributed by atoms with van der Waals surface area (Å²) in [7, 11) is 0. The Morgan fingerprint density at radius 1 is 1.54 bits per heavy atom. The Bertz CT molecular complexity index is 405. The van der Waals surface area contributed by atoms with Gasteiger partial charge < -0.3 is 10.1 Å². The van der Waals surface area contributed by atoms with Crippen LogP contribution in [0.4, 0.5) is 0 Å². The number of pyridine rings is 1. The predicted molar refractivity (Wildman–Crippen MR) is 52.4 cm³/mol. The predicted octanol–water partition coefficient (Wildman–Crippen LogP) is 1.74. The van der Waals surface area contributed by atoms with Crippen LogP contribution in [0.1, 0.15) is 25.2 Å². The summed E-state index contributed by atoms with van der Waals surface area (Å²) < 4.78 is 2.04. The highest BCUT2D eigenvalue weighted by Gasteiger charge is 2.08. The molecule has 0 saturated carbocycles. The summed E-state index contributed by atoms with van der Waals surface area (Å²) in [5.74, 6) is 0.943. The first kappa shape index (κ1) is 8.26. The lowest BCUT2D eigenvalue weighted by Crippen LogP contribution is -2.12. The van der Waals surface area contributed by atoms with Crippen molar-refractivity contribution in [1.29, 1.82) is 0 Å². The van der Waals surface area contributed by atoms with Gasteiger partial charge in [0.15, 0.2) is 0 Å². The molecule has 1 atom stereocenters. The van der Waals surface area contributed by atoms with Gasteiger partial charge in [-0.2, -0.15) is 0 Å². The molecule has 68 valence electrons. The van der Waals surface area contributed by atoms with E-state index in [0.717, 1.165) is 17.8 Å². The number of rotatable bonds is 2. The van der Waals surface area contributed by atoms with Gasteiger partial charge in [0.2, 0.25) is 0 Å². The van der Waals surface area contributed by atoms with Crippen LogP contribution in [0, 0.1) is 0 Å². The first-order valence-corrected chi connectivity index (χ1v) is 4.50. The molecule has 0 fully saturated rings. The Labute approximate surface area is 77.2 Å². The average molecular weight is 175 g/mol. The van der Waals surface area contributed by atoms with Crippen molar-refractivity contribution in [3.63, 3.8) is 0 Å². The second kappa shape index (κ2) is 3.18. The Balaban J connectivity index is 2.57. The second-order valence-corrected chi connectivity index (χ2v) is 3.13. The van der Waals surface area contributed by atoms with E-state index in [1.54, 1.807) is 0 Å². The Morgan fingerprint density at radius 2 is 2.38 bits per heavy atom. The molecule has 13 heavy (non-hydrogen) atoms. The van der Waals surface area contributed by atoms with E-state index in [2.05, 4.69) is 11.9 Å². The van der Waals surface area contributed by atoms with E-state index in [9.17, 15) is 0 Å². The molecule has 1 unspecified atom stereocenters. The highest BCUT2D eigenvalue weighted by atomic mass is 15.0. The molecule has 3 heteroatoms. The van der Waals surface area contributed by atoms with Crippen LogP contribution in [0.25, 0.3) is 5.52 Å². The number of hydrogen-bond donors (Lipinski definition) is 1. The monoisotopic (exact) mass is 175 g/mol. The van der Waals surface area contributed by atoms with Crippen molar-refractivity contribution in [2.45, 2.75) is 19.4 Å². The van der Waals surface area contributed by atoms with Crippen molar-refractivity contribution in [2.24, 2.45) is 5.73 Å². The lowest BCUT2D eigenvalue weighted by molar-refractivity contribution is 0.646. The Hall–Kier alpha value is -1.35. The third kappa shape index (κ3) is 1.31. The smallest absolute Gasteiger partial charge is 0.130 e. The van der Waals surface area contributed by atoms with Crippen molar-refractivity contribution >= 4 is 5.52 Å². The van der Waals surface area contributed by atoms with Crippen LogP contribution in [0.2, 0.25) is 0 Å². The minimum Gasteiger partial charge on any atom is -0.321 e. The van der Waals surface area contributed by atoms with E-state index in [1.807, 2.05) is 35.0 Å². The molecule has 2 N–H and O–H groups in total. The summed E-state index contributed by atoms with van der Waals surface area (Å²) in [4.78, 5) is 4.30. The second-order valence-electron chi connectivity index (χ2n) is 3.13. The topological polar surface area (TPSA) is 43.3 Å². The van der Waals surface area contributed by atoms with Gasteiger partial charge in [-0.05, 0) is 18.6 Å². The molecule has 0 aliphatic heterocycles. The van der Waals surface area contributed by atoms with Crippen LogP contribution >= 0.6 is 0 Å². The van der Waals surface area contributed by atoms with Gasteiger partial charge in [0, 0.05) is 6.20 Å². The summed E-state index contributed by atoms with van der Waals surface area (Å²) >= 11 is 0. The van der Waals surface area contributed by atoms with E-state index >= 15 is 0 Å². The van der Waals surface area contributed by atoms with Crippen LogP contribution in [-0.4, -0.2) is 9.38 Å². The summed E-state index contributed by atoms with van der Waals surface area (Å²) in [6, 6.07) is 6.04. The van der Waals surface area contributed by atoms with Crippen LogP contribution in [0.15, 0.2) is 30.6 Å². The largest absolute Gasteiger partial charge is 0.321 e. The van der Waals surface area contributed by atoms with E-state index in [-0.39, 0.29) is 6.04 Å². The maximum absolute atomic E-state index is 5.92. The maximum Gasteiger partial charge on any atom is 0.130 e. The van der Waals surface area contributed by atoms with Gasteiger partial charge in [-0.3, -0.25) is 0 Å². The van der Waals surface area contributed by atoms with Crippen molar-refractivity contribution in [2.75, 3.05) is 0 Å². The minimum atomic E-state index is 0.0323. The maximum atomic E-state index is 5.92. The molecule has 2 aromatic rings. The number of nitrogens with zero attached hydrogens (tertiary/aromatic N) is 2. The van der Waals surface area contributed by atoms with Crippen LogP contribution in [0.5, 0.6) is 0 Å². The van der Waals surface area contributed by atoms with Gasteiger partial charge in [0.05, 0.1) is 17.8 Å².